The van der Waals surface area contributed by atoms with Gasteiger partial charge in [-0.2, -0.15) is 5.10 Å². The van der Waals surface area contributed by atoms with E-state index in [1.807, 2.05) is 41.9 Å². The van der Waals surface area contributed by atoms with Crippen molar-refractivity contribution in [1.29, 1.82) is 0 Å². The second-order valence-electron chi connectivity index (χ2n) is 4.40. The molecule has 106 valence electrons. The number of aromatic nitrogens is 2. The highest BCUT2D eigenvalue weighted by molar-refractivity contribution is 9.08. The van der Waals surface area contributed by atoms with Crippen molar-refractivity contribution in [3.63, 3.8) is 0 Å². The van der Waals surface area contributed by atoms with Gasteiger partial charge in [-0.25, -0.2) is 4.79 Å². The standard InChI is InChI=1S/C15H17BrN2O2/c1-3-20-15(19)14-11(2)18(17-13(14)9-16)10-12-7-5-4-6-8-12/h4-8H,3,9-10H2,1-2H3. The van der Waals surface area contributed by atoms with E-state index < -0.39 is 0 Å². The molecule has 2 aromatic rings. The van der Waals surface area contributed by atoms with Crippen molar-refractivity contribution >= 4 is 21.9 Å². The Bertz CT molecular complexity index is 593. The van der Waals surface area contributed by atoms with Crippen LogP contribution < -0.4 is 0 Å². The third-order valence-electron chi connectivity index (χ3n) is 3.06. The van der Waals surface area contributed by atoms with Crippen LogP contribution in [0.25, 0.3) is 0 Å². The van der Waals surface area contributed by atoms with Crippen LogP contribution >= 0.6 is 15.9 Å². The van der Waals surface area contributed by atoms with Gasteiger partial charge in [-0.1, -0.05) is 46.3 Å². The monoisotopic (exact) mass is 336 g/mol. The van der Waals surface area contributed by atoms with E-state index >= 15 is 0 Å². The van der Waals surface area contributed by atoms with Crippen molar-refractivity contribution in [2.75, 3.05) is 6.61 Å². The fourth-order valence-corrected chi connectivity index (χ4v) is 2.47. The molecule has 1 aromatic heterocycles. The number of halogens is 1. The van der Waals surface area contributed by atoms with Crippen LogP contribution in [-0.2, 0) is 16.6 Å². The Morgan fingerprint density at radius 2 is 2.05 bits per heavy atom. The number of alkyl halides is 1. The lowest BCUT2D eigenvalue weighted by Crippen LogP contribution is -2.09. The van der Waals surface area contributed by atoms with Crippen molar-refractivity contribution in [2.24, 2.45) is 0 Å². The first-order valence-corrected chi connectivity index (χ1v) is 7.62. The Morgan fingerprint density at radius 3 is 2.65 bits per heavy atom. The Kier molecular flexibility index (Phi) is 4.95. The summed E-state index contributed by atoms with van der Waals surface area (Å²) in [6.45, 7) is 4.71. The van der Waals surface area contributed by atoms with Crippen molar-refractivity contribution in [1.82, 2.24) is 9.78 Å². The molecule has 0 aliphatic heterocycles. The molecule has 1 heterocycles. The van der Waals surface area contributed by atoms with Crippen LogP contribution in [0.5, 0.6) is 0 Å². The summed E-state index contributed by atoms with van der Waals surface area (Å²) in [6.07, 6.45) is 0. The zero-order chi connectivity index (χ0) is 14.5. The summed E-state index contributed by atoms with van der Waals surface area (Å²) in [5.41, 5.74) is 3.27. The van der Waals surface area contributed by atoms with E-state index in [1.54, 1.807) is 6.92 Å². The highest BCUT2D eigenvalue weighted by Gasteiger charge is 2.21. The molecule has 2 rings (SSSR count). The van der Waals surface area contributed by atoms with Gasteiger partial charge in [0.05, 0.1) is 24.5 Å². The van der Waals surface area contributed by atoms with Crippen LogP contribution in [0.2, 0.25) is 0 Å². The first kappa shape index (κ1) is 14.8. The maximum atomic E-state index is 12.0. The van der Waals surface area contributed by atoms with Gasteiger partial charge < -0.3 is 4.74 Å². The van der Waals surface area contributed by atoms with Crippen LogP contribution in [0.1, 0.15) is 34.2 Å². The zero-order valence-electron chi connectivity index (χ0n) is 11.6. The first-order valence-electron chi connectivity index (χ1n) is 6.50. The van der Waals surface area contributed by atoms with E-state index in [9.17, 15) is 4.79 Å². The Balaban J connectivity index is 2.33. The van der Waals surface area contributed by atoms with E-state index in [1.165, 1.54) is 0 Å². The van der Waals surface area contributed by atoms with E-state index in [-0.39, 0.29) is 5.97 Å². The van der Waals surface area contributed by atoms with Crippen LogP contribution in [0.4, 0.5) is 0 Å². The van der Waals surface area contributed by atoms with Gasteiger partial charge in [0.15, 0.2) is 0 Å². The molecule has 0 radical (unpaired) electrons. The quantitative estimate of drug-likeness (QED) is 0.621. The van der Waals surface area contributed by atoms with Gasteiger partial charge in [0, 0.05) is 5.33 Å². The second kappa shape index (κ2) is 6.70. The number of carbonyl (C=O) groups is 1. The summed E-state index contributed by atoms with van der Waals surface area (Å²) in [7, 11) is 0. The average molecular weight is 337 g/mol. The minimum absolute atomic E-state index is 0.307. The Hall–Kier alpha value is -1.62. The molecule has 0 saturated carbocycles. The number of hydrogen-bond acceptors (Lipinski definition) is 3. The smallest absolute Gasteiger partial charge is 0.341 e. The third-order valence-corrected chi connectivity index (χ3v) is 3.59. The van der Waals surface area contributed by atoms with Crippen LogP contribution in [0.3, 0.4) is 0 Å². The van der Waals surface area contributed by atoms with Gasteiger partial charge in [-0.3, -0.25) is 4.68 Å². The van der Waals surface area contributed by atoms with E-state index in [0.717, 1.165) is 17.0 Å². The molecule has 5 heteroatoms. The highest BCUT2D eigenvalue weighted by atomic mass is 79.9. The molecule has 0 aliphatic carbocycles. The number of esters is 1. The fraction of sp³-hybridized carbons (Fsp3) is 0.333. The number of nitrogens with zero attached hydrogens (tertiary/aromatic N) is 2. The van der Waals surface area contributed by atoms with Crippen molar-refractivity contribution in [3.8, 4) is 0 Å². The molecule has 0 spiro atoms. The summed E-state index contributed by atoms with van der Waals surface area (Å²) >= 11 is 3.38. The minimum atomic E-state index is -0.307. The lowest BCUT2D eigenvalue weighted by Gasteiger charge is -2.05. The molecule has 0 saturated heterocycles. The van der Waals surface area contributed by atoms with Gasteiger partial charge >= 0.3 is 5.97 Å². The molecule has 0 fully saturated rings. The molecule has 0 N–H and O–H groups in total. The van der Waals surface area contributed by atoms with Crippen LogP contribution in [-0.4, -0.2) is 22.4 Å². The van der Waals surface area contributed by atoms with E-state index in [4.69, 9.17) is 4.74 Å². The summed E-state index contributed by atoms with van der Waals surface area (Å²) in [5, 5.41) is 5.03. The highest BCUT2D eigenvalue weighted by Crippen LogP contribution is 2.19. The minimum Gasteiger partial charge on any atom is -0.462 e. The molecule has 0 aliphatic rings. The molecule has 0 unspecified atom stereocenters. The van der Waals surface area contributed by atoms with Gasteiger partial charge in [-0.15, -0.1) is 0 Å². The fourth-order valence-electron chi connectivity index (χ4n) is 2.08. The SMILES string of the molecule is CCOC(=O)c1c(CBr)nn(Cc2ccccc2)c1C. The molecular formula is C15H17BrN2O2. The Labute approximate surface area is 126 Å². The molecular weight excluding hydrogens is 320 g/mol. The normalized spacial score (nSPS) is 10.6. The largest absolute Gasteiger partial charge is 0.462 e. The molecule has 0 atom stereocenters. The van der Waals surface area contributed by atoms with E-state index in [2.05, 4.69) is 21.0 Å². The van der Waals surface area contributed by atoms with Gasteiger partial charge in [0.25, 0.3) is 0 Å². The summed E-state index contributed by atoms with van der Waals surface area (Å²) in [6, 6.07) is 10.0. The molecule has 0 amide bonds. The number of carbonyl (C=O) groups excluding carboxylic acids is 1. The number of ether oxygens (including phenoxy) is 1. The number of hydrogen-bond donors (Lipinski definition) is 0. The Morgan fingerprint density at radius 1 is 1.35 bits per heavy atom. The third kappa shape index (κ3) is 3.10. The van der Waals surface area contributed by atoms with Gasteiger partial charge in [0.1, 0.15) is 5.56 Å². The van der Waals surface area contributed by atoms with Crippen molar-refractivity contribution in [2.45, 2.75) is 25.7 Å². The van der Waals surface area contributed by atoms with Gasteiger partial charge in [0.2, 0.25) is 0 Å². The predicted molar refractivity (Wildman–Crippen MR) is 81.1 cm³/mol. The number of benzene rings is 1. The lowest BCUT2D eigenvalue weighted by atomic mass is 10.2. The molecule has 0 bridgehead atoms. The summed E-state index contributed by atoms with van der Waals surface area (Å²) < 4.78 is 6.95. The van der Waals surface area contributed by atoms with E-state index in [0.29, 0.717) is 24.0 Å². The van der Waals surface area contributed by atoms with Crippen LogP contribution in [0, 0.1) is 6.92 Å². The molecule has 1 aromatic carbocycles. The molecule has 4 nitrogen and oxygen atoms in total. The topological polar surface area (TPSA) is 44.1 Å². The van der Waals surface area contributed by atoms with Crippen molar-refractivity contribution in [3.05, 3.63) is 52.8 Å². The average Bonchev–Trinajstić information content (AvgIpc) is 2.77. The second-order valence-corrected chi connectivity index (χ2v) is 4.97. The lowest BCUT2D eigenvalue weighted by molar-refractivity contribution is 0.0524. The first-order chi connectivity index (χ1) is 9.67. The van der Waals surface area contributed by atoms with Gasteiger partial charge in [-0.05, 0) is 19.4 Å². The predicted octanol–water partition coefficient (Wildman–Crippen LogP) is 3.31. The molecule has 20 heavy (non-hydrogen) atoms. The van der Waals surface area contributed by atoms with Crippen molar-refractivity contribution < 1.29 is 9.53 Å². The summed E-state index contributed by atoms with van der Waals surface area (Å²) in [5.74, 6) is -0.307. The maximum Gasteiger partial charge on any atom is 0.341 e. The van der Waals surface area contributed by atoms with Crippen LogP contribution in [0.15, 0.2) is 30.3 Å². The number of rotatable bonds is 5. The summed E-state index contributed by atoms with van der Waals surface area (Å²) in [4.78, 5) is 12.0. The zero-order valence-corrected chi connectivity index (χ0v) is 13.2. The maximum absolute atomic E-state index is 12.0.